The van der Waals surface area contributed by atoms with Crippen molar-refractivity contribution in [2.75, 3.05) is 0 Å². The van der Waals surface area contributed by atoms with E-state index in [1.807, 2.05) is 32.9 Å². The van der Waals surface area contributed by atoms with Gasteiger partial charge in [-0.2, -0.15) is 15.5 Å². The first-order valence-corrected chi connectivity index (χ1v) is 10.9. The first-order chi connectivity index (χ1) is 17.2. The summed E-state index contributed by atoms with van der Waals surface area (Å²) in [6.07, 6.45) is 1.34. The van der Waals surface area contributed by atoms with Gasteiger partial charge in [0.05, 0.1) is 33.4 Å². The number of hydrogen-bond acceptors (Lipinski definition) is 8. The third-order valence-electron chi connectivity index (χ3n) is 5.59. The average molecular weight is 481 g/mol. The number of aromatic nitrogens is 5. The zero-order valence-electron chi connectivity index (χ0n) is 19.5. The highest BCUT2D eigenvalue weighted by Gasteiger charge is 2.26. The van der Waals surface area contributed by atoms with Gasteiger partial charge >= 0.3 is 0 Å². The van der Waals surface area contributed by atoms with Crippen LogP contribution < -0.4 is 5.56 Å². The van der Waals surface area contributed by atoms with Gasteiger partial charge in [-0.05, 0) is 24.3 Å². The van der Waals surface area contributed by atoms with Crippen LogP contribution in [0.4, 0.5) is 17.2 Å². The number of azo groups is 1. The summed E-state index contributed by atoms with van der Waals surface area (Å²) in [6, 6.07) is 14.8. The van der Waals surface area contributed by atoms with E-state index < -0.39 is 10.3 Å². The summed E-state index contributed by atoms with van der Waals surface area (Å²) in [5.74, 6) is 0.133. The van der Waals surface area contributed by atoms with Gasteiger partial charge in [0.15, 0.2) is 17.2 Å². The van der Waals surface area contributed by atoms with E-state index in [-0.39, 0.29) is 22.6 Å². The summed E-state index contributed by atoms with van der Waals surface area (Å²) in [4.78, 5) is 26.1. The molecule has 0 bridgehead atoms. The standard InChI is InChI=1S/C24H19N9O3/c1-24(2,3)20-19(22-27-23(34)17-6-4-5-7-18(17)32(22)30-20)28-29-21-14(12-25)13-26-31(21)15-8-10-16(11-9-15)33(35)36/h4-11,13H,1-3H3,(H,27,34). The molecule has 5 rings (SSSR count). The van der Waals surface area contributed by atoms with Gasteiger partial charge in [-0.25, -0.2) is 9.20 Å². The minimum atomic E-state index is -0.502. The number of H-pyrrole nitrogens is 1. The summed E-state index contributed by atoms with van der Waals surface area (Å²) in [7, 11) is 0. The van der Waals surface area contributed by atoms with Crippen molar-refractivity contribution < 1.29 is 4.92 Å². The monoisotopic (exact) mass is 481 g/mol. The number of nitriles is 1. The Morgan fingerprint density at radius 2 is 1.83 bits per heavy atom. The average Bonchev–Trinajstić information content (AvgIpc) is 3.44. The number of nitrogens with one attached hydrogen (secondary N) is 1. The Kier molecular flexibility index (Phi) is 5.17. The third-order valence-corrected chi connectivity index (χ3v) is 5.59. The Hall–Kier alpha value is -5.18. The van der Waals surface area contributed by atoms with Crippen LogP contribution in [0.2, 0.25) is 0 Å². The first kappa shape index (κ1) is 22.6. The molecular weight excluding hydrogens is 462 g/mol. The van der Waals surface area contributed by atoms with E-state index in [9.17, 15) is 20.2 Å². The molecule has 3 aromatic heterocycles. The molecule has 3 heterocycles. The van der Waals surface area contributed by atoms with Gasteiger partial charge in [0.25, 0.3) is 11.2 Å². The molecule has 0 fully saturated rings. The molecule has 0 aliphatic carbocycles. The summed E-state index contributed by atoms with van der Waals surface area (Å²) >= 11 is 0. The topological polar surface area (TPSA) is 160 Å². The SMILES string of the molecule is CC(C)(C)c1nn2c([nH]c(=O)c3ccccc32)c1N=Nc1c(C#N)cnn1-c1ccc([N+](=O)[O-])cc1. The van der Waals surface area contributed by atoms with Gasteiger partial charge in [0.2, 0.25) is 0 Å². The molecule has 0 aliphatic heterocycles. The molecule has 0 radical (unpaired) electrons. The predicted octanol–water partition coefficient (Wildman–Crippen LogP) is 4.85. The molecule has 0 aliphatic rings. The van der Waals surface area contributed by atoms with Crippen LogP contribution in [0.15, 0.2) is 69.8 Å². The second-order valence-electron chi connectivity index (χ2n) is 9.06. The molecule has 12 nitrogen and oxygen atoms in total. The smallest absolute Gasteiger partial charge is 0.269 e. The third kappa shape index (κ3) is 3.68. The molecule has 2 aromatic carbocycles. The van der Waals surface area contributed by atoms with E-state index in [0.29, 0.717) is 33.6 Å². The normalized spacial score (nSPS) is 11.9. The van der Waals surface area contributed by atoms with Crippen molar-refractivity contribution in [3.05, 3.63) is 86.5 Å². The lowest BCUT2D eigenvalue weighted by Gasteiger charge is -2.15. The minimum Gasteiger partial charge on any atom is -0.304 e. The second kappa shape index (κ2) is 8.24. The molecule has 178 valence electrons. The van der Waals surface area contributed by atoms with Gasteiger partial charge in [-0.3, -0.25) is 14.9 Å². The summed E-state index contributed by atoms with van der Waals surface area (Å²) in [6.45, 7) is 5.90. The molecule has 0 saturated carbocycles. The Morgan fingerprint density at radius 1 is 1.11 bits per heavy atom. The number of rotatable bonds is 4. The molecule has 12 heteroatoms. The molecule has 0 amide bonds. The molecule has 36 heavy (non-hydrogen) atoms. The lowest BCUT2D eigenvalue weighted by atomic mass is 9.91. The highest BCUT2D eigenvalue weighted by Crippen LogP contribution is 2.36. The predicted molar refractivity (Wildman–Crippen MR) is 131 cm³/mol. The number of nitro benzene ring substituents is 1. The van der Waals surface area contributed by atoms with Crippen molar-refractivity contribution in [2.24, 2.45) is 10.2 Å². The van der Waals surface area contributed by atoms with Gasteiger partial charge in [0.1, 0.15) is 11.6 Å². The van der Waals surface area contributed by atoms with Gasteiger partial charge in [-0.15, -0.1) is 10.2 Å². The Labute approximate surface area is 203 Å². The van der Waals surface area contributed by atoms with Crippen molar-refractivity contribution in [1.82, 2.24) is 24.4 Å². The van der Waals surface area contributed by atoms with Crippen LogP contribution in [0.5, 0.6) is 0 Å². The van der Waals surface area contributed by atoms with E-state index in [2.05, 4.69) is 20.3 Å². The number of hydrogen-bond donors (Lipinski definition) is 1. The second-order valence-corrected chi connectivity index (χ2v) is 9.06. The van der Waals surface area contributed by atoms with Crippen LogP contribution in [-0.4, -0.2) is 29.3 Å². The molecule has 0 spiro atoms. The van der Waals surface area contributed by atoms with E-state index in [0.717, 1.165) is 0 Å². The molecule has 0 atom stereocenters. The maximum atomic E-state index is 12.8. The van der Waals surface area contributed by atoms with Crippen molar-refractivity contribution in [1.29, 1.82) is 5.26 Å². The molecule has 1 N–H and O–H groups in total. The zero-order valence-corrected chi connectivity index (χ0v) is 19.5. The van der Waals surface area contributed by atoms with Gasteiger partial charge in [0, 0.05) is 17.5 Å². The largest absolute Gasteiger partial charge is 0.304 e. The van der Waals surface area contributed by atoms with Crippen molar-refractivity contribution in [2.45, 2.75) is 26.2 Å². The highest BCUT2D eigenvalue weighted by molar-refractivity contribution is 5.83. The molecule has 0 saturated heterocycles. The van der Waals surface area contributed by atoms with Crippen LogP contribution >= 0.6 is 0 Å². The van der Waals surface area contributed by atoms with Crippen LogP contribution in [0.1, 0.15) is 32.0 Å². The highest BCUT2D eigenvalue weighted by atomic mass is 16.6. The zero-order chi connectivity index (χ0) is 25.6. The van der Waals surface area contributed by atoms with Crippen molar-refractivity contribution in [3.63, 3.8) is 0 Å². The van der Waals surface area contributed by atoms with E-state index in [1.54, 1.807) is 22.7 Å². The van der Waals surface area contributed by atoms with Crippen LogP contribution in [-0.2, 0) is 5.41 Å². The minimum absolute atomic E-state index is 0.0769. The number of fused-ring (bicyclic) bond motifs is 3. The summed E-state index contributed by atoms with van der Waals surface area (Å²) in [5, 5.41) is 38.8. The summed E-state index contributed by atoms with van der Waals surface area (Å²) in [5.41, 5.74) is 1.74. The van der Waals surface area contributed by atoms with E-state index in [4.69, 9.17) is 5.10 Å². The fraction of sp³-hybridized carbons (Fsp3) is 0.167. The molecule has 5 aromatic rings. The van der Waals surface area contributed by atoms with E-state index in [1.165, 1.54) is 35.1 Å². The number of para-hydroxylation sites is 1. The molecule has 0 unspecified atom stereocenters. The number of non-ortho nitro benzene ring substituents is 1. The lowest BCUT2D eigenvalue weighted by molar-refractivity contribution is -0.384. The number of benzene rings is 2. The fourth-order valence-electron chi connectivity index (χ4n) is 3.84. The number of aromatic amines is 1. The maximum absolute atomic E-state index is 12.8. The van der Waals surface area contributed by atoms with Crippen molar-refractivity contribution >= 4 is 33.7 Å². The Bertz CT molecular complexity index is 1780. The van der Waals surface area contributed by atoms with E-state index >= 15 is 0 Å². The quantitative estimate of drug-likeness (QED) is 0.219. The first-order valence-electron chi connectivity index (χ1n) is 10.9. The van der Waals surface area contributed by atoms with Gasteiger partial charge in [-0.1, -0.05) is 32.9 Å². The van der Waals surface area contributed by atoms with Gasteiger partial charge < -0.3 is 4.98 Å². The maximum Gasteiger partial charge on any atom is 0.269 e. The number of nitrogens with zero attached hydrogens (tertiary/aromatic N) is 8. The Balaban J connectivity index is 1.71. The summed E-state index contributed by atoms with van der Waals surface area (Å²) < 4.78 is 3.00. The van der Waals surface area contributed by atoms with Crippen LogP contribution in [0.3, 0.4) is 0 Å². The Morgan fingerprint density at radius 3 is 2.50 bits per heavy atom. The van der Waals surface area contributed by atoms with Crippen LogP contribution in [0.25, 0.3) is 22.2 Å². The molecular formula is C24H19N9O3. The fourth-order valence-corrected chi connectivity index (χ4v) is 3.84. The number of nitro groups is 1. The van der Waals surface area contributed by atoms with Crippen LogP contribution in [0, 0.1) is 21.4 Å². The van der Waals surface area contributed by atoms with Crippen molar-refractivity contribution in [3.8, 4) is 11.8 Å². The lowest BCUT2D eigenvalue weighted by Crippen LogP contribution is -2.12.